The van der Waals surface area contributed by atoms with E-state index in [9.17, 15) is 0 Å². The van der Waals surface area contributed by atoms with Crippen molar-refractivity contribution in [3.05, 3.63) is 11.1 Å². The van der Waals surface area contributed by atoms with Gasteiger partial charge in [0.15, 0.2) is 0 Å². The predicted octanol–water partition coefficient (Wildman–Crippen LogP) is 0.687. The molecule has 0 bridgehead atoms. The van der Waals surface area contributed by atoms with Gasteiger partial charge in [-0.05, 0) is 15.9 Å². The molecule has 0 aromatic carbocycles. The van der Waals surface area contributed by atoms with E-state index >= 15 is 0 Å². The fraction of sp³-hybridized carbons (Fsp3) is 0.600. The van der Waals surface area contributed by atoms with E-state index in [0.717, 1.165) is 6.54 Å². The van der Waals surface area contributed by atoms with Gasteiger partial charge in [-0.3, -0.25) is 0 Å². The molecule has 1 aromatic heterocycles. The van der Waals surface area contributed by atoms with Crippen molar-refractivity contribution in [2.75, 3.05) is 13.7 Å². The van der Waals surface area contributed by atoms with E-state index in [1.807, 2.05) is 0 Å². The molecule has 0 saturated heterocycles. The van der Waals surface area contributed by atoms with E-state index in [4.69, 9.17) is 4.74 Å². The normalized spacial score (nSPS) is 10.2. The summed E-state index contributed by atoms with van der Waals surface area (Å²) in [5.74, 6) is 0. The molecule has 0 fully saturated rings. The molecule has 0 aliphatic rings. The van der Waals surface area contributed by atoms with Crippen molar-refractivity contribution in [1.29, 1.82) is 0 Å². The average molecular weight is 206 g/mol. The predicted molar refractivity (Wildman–Crippen MR) is 39.6 cm³/mol. The van der Waals surface area contributed by atoms with Crippen LogP contribution in [-0.2, 0) is 11.3 Å². The Kier molecular flexibility index (Phi) is 2.82. The summed E-state index contributed by atoms with van der Waals surface area (Å²) in [6, 6.07) is 0. The molecule has 0 amide bonds. The third kappa shape index (κ3) is 2.07. The smallest absolute Gasteiger partial charge is 0.217 e. The van der Waals surface area contributed by atoms with E-state index < -0.39 is 0 Å². The first-order valence-electron chi connectivity index (χ1n) is 2.87. The van der Waals surface area contributed by atoms with Gasteiger partial charge in [-0.2, -0.15) is 0 Å². The maximum Gasteiger partial charge on any atom is 0.217 e. The van der Waals surface area contributed by atoms with Gasteiger partial charge in [0.1, 0.15) is 6.33 Å². The molecule has 0 spiro atoms. The fourth-order valence-electron chi connectivity index (χ4n) is 0.564. The minimum atomic E-state index is 0.614. The second-order valence-corrected chi connectivity index (χ2v) is 2.48. The monoisotopic (exact) mass is 205 g/mol. The first kappa shape index (κ1) is 7.68. The molecule has 0 radical (unpaired) electrons. The summed E-state index contributed by atoms with van der Waals surface area (Å²) in [6.45, 7) is 1.41. The van der Waals surface area contributed by atoms with E-state index in [0.29, 0.717) is 11.3 Å². The molecule has 10 heavy (non-hydrogen) atoms. The zero-order valence-electron chi connectivity index (χ0n) is 5.62. The van der Waals surface area contributed by atoms with Crippen LogP contribution in [0.25, 0.3) is 0 Å². The molecule has 1 heterocycles. The summed E-state index contributed by atoms with van der Waals surface area (Å²) < 4.78 is 7.18. The Morgan fingerprint density at radius 1 is 1.80 bits per heavy atom. The Hall–Kier alpha value is -0.420. The summed E-state index contributed by atoms with van der Waals surface area (Å²) in [7, 11) is 1.66. The highest BCUT2D eigenvalue weighted by atomic mass is 79.9. The molecular weight excluding hydrogens is 198 g/mol. The van der Waals surface area contributed by atoms with Gasteiger partial charge in [0.2, 0.25) is 4.73 Å². The van der Waals surface area contributed by atoms with Gasteiger partial charge < -0.3 is 4.74 Å². The Labute approximate surface area is 67.3 Å². The van der Waals surface area contributed by atoms with Crippen molar-refractivity contribution in [3.63, 3.8) is 0 Å². The lowest BCUT2D eigenvalue weighted by Gasteiger charge is -1.96. The van der Waals surface area contributed by atoms with Crippen LogP contribution in [0.3, 0.4) is 0 Å². The zero-order valence-corrected chi connectivity index (χ0v) is 7.21. The van der Waals surface area contributed by atoms with Gasteiger partial charge in [-0.1, -0.05) is 0 Å². The van der Waals surface area contributed by atoms with Crippen LogP contribution in [0.4, 0.5) is 0 Å². The highest BCUT2D eigenvalue weighted by molar-refractivity contribution is 9.10. The Morgan fingerprint density at radius 3 is 3.10 bits per heavy atom. The molecular formula is C5H8BrN3O. The molecule has 0 atom stereocenters. The van der Waals surface area contributed by atoms with Crippen LogP contribution >= 0.6 is 15.9 Å². The summed E-state index contributed by atoms with van der Waals surface area (Å²) in [6.07, 6.45) is 1.66. The molecule has 0 N–H and O–H groups in total. The average Bonchev–Trinajstić information content (AvgIpc) is 2.31. The number of rotatable bonds is 3. The van der Waals surface area contributed by atoms with Crippen LogP contribution < -0.4 is 0 Å². The van der Waals surface area contributed by atoms with E-state index in [2.05, 4.69) is 26.0 Å². The highest BCUT2D eigenvalue weighted by Crippen LogP contribution is 1.97. The first-order valence-corrected chi connectivity index (χ1v) is 3.66. The molecule has 0 saturated carbocycles. The van der Waals surface area contributed by atoms with Crippen LogP contribution in [0.15, 0.2) is 11.1 Å². The number of ether oxygens (including phenoxy) is 1. The van der Waals surface area contributed by atoms with Crippen LogP contribution in [0.1, 0.15) is 0 Å². The maximum absolute atomic E-state index is 4.85. The van der Waals surface area contributed by atoms with E-state index in [1.165, 1.54) is 0 Å². The standard InChI is InChI=1S/C5H8BrN3O/c1-10-3-2-9-4-7-5(6)8-9/h4H,2-3H2,1H3. The minimum absolute atomic E-state index is 0.614. The number of halogens is 1. The van der Waals surface area contributed by atoms with Gasteiger partial charge in [0.25, 0.3) is 0 Å². The molecule has 5 heteroatoms. The van der Waals surface area contributed by atoms with Crippen LogP contribution in [0.5, 0.6) is 0 Å². The largest absolute Gasteiger partial charge is 0.383 e. The zero-order chi connectivity index (χ0) is 7.40. The number of hydrogen-bond acceptors (Lipinski definition) is 3. The molecule has 1 rings (SSSR count). The summed E-state index contributed by atoms with van der Waals surface area (Å²) in [5.41, 5.74) is 0. The number of aromatic nitrogens is 3. The number of nitrogens with zero attached hydrogens (tertiary/aromatic N) is 3. The van der Waals surface area contributed by atoms with Gasteiger partial charge in [0, 0.05) is 7.11 Å². The van der Waals surface area contributed by atoms with Gasteiger partial charge in [0.05, 0.1) is 13.2 Å². The molecule has 0 aliphatic heterocycles. The van der Waals surface area contributed by atoms with Gasteiger partial charge in [-0.15, -0.1) is 5.10 Å². The summed E-state index contributed by atoms with van der Waals surface area (Å²) >= 11 is 3.14. The third-order valence-electron chi connectivity index (χ3n) is 1.03. The maximum atomic E-state index is 4.85. The second kappa shape index (κ2) is 3.68. The molecule has 56 valence electrons. The third-order valence-corrected chi connectivity index (χ3v) is 1.40. The van der Waals surface area contributed by atoms with Crippen LogP contribution in [0, 0.1) is 0 Å². The quantitative estimate of drug-likeness (QED) is 0.730. The lowest BCUT2D eigenvalue weighted by molar-refractivity contribution is 0.183. The summed E-state index contributed by atoms with van der Waals surface area (Å²) in [4.78, 5) is 3.88. The second-order valence-electron chi connectivity index (χ2n) is 1.77. The van der Waals surface area contributed by atoms with Crippen molar-refractivity contribution in [2.24, 2.45) is 0 Å². The van der Waals surface area contributed by atoms with Crippen molar-refractivity contribution < 1.29 is 4.74 Å². The van der Waals surface area contributed by atoms with Crippen molar-refractivity contribution >= 4 is 15.9 Å². The van der Waals surface area contributed by atoms with Crippen molar-refractivity contribution in [2.45, 2.75) is 6.54 Å². The number of methoxy groups -OCH3 is 1. The van der Waals surface area contributed by atoms with Crippen molar-refractivity contribution in [1.82, 2.24) is 14.8 Å². The van der Waals surface area contributed by atoms with Crippen LogP contribution in [0.2, 0.25) is 0 Å². The molecule has 4 nitrogen and oxygen atoms in total. The number of hydrogen-bond donors (Lipinski definition) is 0. The lowest BCUT2D eigenvalue weighted by Crippen LogP contribution is -2.04. The highest BCUT2D eigenvalue weighted by Gasteiger charge is 1.93. The fourth-order valence-corrected chi connectivity index (χ4v) is 0.860. The molecule has 0 aliphatic carbocycles. The first-order chi connectivity index (χ1) is 4.83. The minimum Gasteiger partial charge on any atom is -0.383 e. The van der Waals surface area contributed by atoms with Crippen LogP contribution in [-0.4, -0.2) is 28.5 Å². The van der Waals surface area contributed by atoms with E-state index in [-0.39, 0.29) is 0 Å². The Morgan fingerprint density at radius 2 is 2.60 bits per heavy atom. The Bertz CT molecular complexity index is 201. The van der Waals surface area contributed by atoms with Gasteiger partial charge in [-0.25, -0.2) is 9.67 Å². The molecule has 1 aromatic rings. The Balaban J connectivity index is 2.42. The summed E-state index contributed by atoms with van der Waals surface area (Å²) in [5, 5.41) is 3.99. The SMILES string of the molecule is COCCn1cnc(Br)n1. The van der Waals surface area contributed by atoms with E-state index in [1.54, 1.807) is 18.1 Å². The van der Waals surface area contributed by atoms with Gasteiger partial charge >= 0.3 is 0 Å². The lowest BCUT2D eigenvalue weighted by atomic mass is 10.7. The molecule has 0 unspecified atom stereocenters. The topological polar surface area (TPSA) is 39.9 Å². The van der Waals surface area contributed by atoms with Crippen molar-refractivity contribution in [3.8, 4) is 0 Å².